The first-order chi connectivity index (χ1) is 9.28. The molecule has 2 rings (SSSR count). The minimum atomic E-state index is 0.584. The van der Waals surface area contributed by atoms with E-state index >= 15 is 0 Å². The van der Waals surface area contributed by atoms with E-state index in [2.05, 4.69) is 31.2 Å². The van der Waals surface area contributed by atoms with Crippen LogP contribution in [0.4, 0.5) is 0 Å². The number of hydrogen-bond acceptors (Lipinski definition) is 2. The van der Waals surface area contributed by atoms with E-state index in [0.29, 0.717) is 11.3 Å². The third-order valence-corrected chi connectivity index (χ3v) is 3.16. The fourth-order valence-electron chi connectivity index (χ4n) is 2.20. The van der Waals surface area contributed by atoms with Gasteiger partial charge in [0.25, 0.3) is 0 Å². The van der Waals surface area contributed by atoms with Gasteiger partial charge in [0.05, 0.1) is 12.7 Å². The highest BCUT2D eigenvalue weighted by molar-refractivity contribution is 5.83. The van der Waals surface area contributed by atoms with Crippen LogP contribution in [0.1, 0.15) is 29.3 Å². The molecule has 0 aromatic heterocycles. The summed E-state index contributed by atoms with van der Waals surface area (Å²) in [6.45, 7) is 2.17. The van der Waals surface area contributed by atoms with Crippen molar-refractivity contribution in [2.45, 2.75) is 19.8 Å². The maximum Gasteiger partial charge on any atom is 0.153 e. The highest BCUT2D eigenvalue weighted by atomic mass is 16.5. The fourth-order valence-corrected chi connectivity index (χ4v) is 2.20. The summed E-state index contributed by atoms with van der Waals surface area (Å²) in [6.07, 6.45) is 3.04. The van der Waals surface area contributed by atoms with Crippen LogP contribution in [0.5, 0.6) is 5.75 Å². The minimum Gasteiger partial charge on any atom is -0.496 e. The summed E-state index contributed by atoms with van der Waals surface area (Å²) in [6, 6.07) is 14.1. The lowest BCUT2D eigenvalue weighted by Crippen LogP contribution is -1.91. The third kappa shape index (κ3) is 3.02. The number of carbonyl (C=O) groups is 1. The predicted octanol–water partition coefficient (Wildman–Crippen LogP) is 4.13. The number of rotatable bonds is 5. The number of aryl methyl sites for hydroxylation is 1. The number of hydrogen-bond donors (Lipinski definition) is 0. The second-order valence-electron chi connectivity index (χ2n) is 4.52. The molecule has 2 aromatic carbocycles. The topological polar surface area (TPSA) is 26.3 Å². The molecule has 19 heavy (non-hydrogen) atoms. The molecule has 0 saturated heterocycles. The zero-order valence-electron chi connectivity index (χ0n) is 11.3. The molecular weight excluding hydrogens is 236 g/mol. The van der Waals surface area contributed by atoms with Gasteiger partial charge in [-0.2, -0.15) is 0 Å². The van der Waals surface area contributed by atoms with Crippen LogP contribution in [0.2, 0.25) is 0 Å². The van der Waals surface area contributed by atoms with Gasteiger partial charge in [0, 0.05) is 0 Å². The Labute approximate surface area is 114 Å². The van der Waals surface area contributed by atoms with Crippen LogP contribution >= 0.6 is 0 Å². The van der Waals surface area contributed by atoms with E-state index < -0.39 is 0 Å². The molecule has 0 aliphatic rings. The molecule has 0 aliphatic heterocycles. The molecule has 0 aliphatic carbocycles. The van der Waals surface area contributed by atoms with E-state index in [-0.39, 0.29) is 0 Å². The van der Waals surface area contributed by atoms with Crippen molar-refractivity contribution in [2.75, 3.05) is 7.11 Å². The summed E-state index contributed by atoms with van der Waals surface area (Å²) in [5, 5.41) is 0. The summed E-state index contributed by atoms with van der Waals surface area (Å²) >= 11 is 0. The van der Waals surface area contributed by atoms with E-state index in [1.54, 1.807) is 7.11 Å². The summed E-state index contributed by atoms with van der Waals surface area (Å²) in [5.41, 5.74) is 4.09. The van der Waals surface area contributed by atoms with Gasteiger partial charge >= 0.3 is 0 Å². The van der Waals surface area contributed by atoms with Crippen molar-refractivity contribution in [3.05, 3.63) is 53.6 Å². The maximum absolute atomic E-state index is 11.1. The lowest BCUT2D eigenvalue weighted by atomic mass is 9.99. The molecule has 0 amide bonds. The Morgan fingerprint density at radius 1 is 1.11 bits per heavy atom. The van der Waals surface area contributed by atoms with Crippen LogP contribution < -0.4 is 4.74 Å². The summed E-state index contributed by atoms with van der Waals surface area (Å²) < 4.78 is 5.16. The van der Waals surface area contributed by atoms with Gasteiger partial charge in [0.2, 0.25) is 0 Å². The molecule has 0 fully saturated rings. The van der Waals surface area contributed by atoms with Crippen LogP contribution in [-0.4, -0.2) is 13.4 Å². The van der Waals surface area contributed by atoms with E-state index in [4.69, 9.17) is 4.74 Å². The lowest BCUT2D eigenvalue weighted by molar-refractivity contribution is 0.112. The van der Waals surface area contributed by atoms with Crippen molar-refractivity contribution in [3.63, 3.8) is 0 Å². The molecule has 0 atom stereocenters. The van der Waals surface area contributed by atoms with Crippen LogP contribution in [0, 0.1) is 0 Å². The van der Waals surface area contributed by atoms with E-state index in [0.717, 1.165) is 30.3 Å². The first-order valence-corrected chi connectivity index (χ1v) is 6.51. The Morgan fingerprint density at radius 2 is 1.89 bits per heavy atom. The van der Waals surface area contributed by atoms with Crippen molar-refractivity contribution in [1.29, 1.82) is 0 Å². The molecule has 0 radical (unpaired) electrons. The number of benzene rings is 2. The largest absolute Gasteiger partial charge is 0.496 e. The average molecular weight is 254 g/mol. The SMILES string of the molecule is CCCc1cccc(-c2ccc(OC)c(C=O)c2)c1. The Hall–Kier alpha value is -2.09. The number of methoxy groups -OCH3 is 1. The van der Waals surface area contributed by atoms with Gasteiger partial charge in [-0.15, -0.1) is 0 Å². The zero-order valence-corrected chi connectivity index (χ0v) is 11.3. The molecule has 0 heterocycles. The minimum absolute atomic E-state index is 0.584. The van der Waals surface area contributed by atoms with Crippen molar-refractivity contribution < 1.29 is 9.53 Å². The van der Waals surface area contributed by atoms with Crippen LogP contribution in [-0.2, 0) is 6.42 Å². The smallest absolute Gasteiger partial charge is 0.153 e. The first-order valence-electron chi connectivity index (χ1n) is 6.51. The monoisotopic (exact) mass is 254 g/mol. The van der Waals surface area contributed by atoms with Gasteiger partial charge in [-0.1, -0.05) is 43.7 Å². The molecule has 0 saturated carbocycles. The van der Waals surface area contributed by atoms with Crippen molar-refractivity contribution in [2.24, 2.45) is 0 Å². The fraction of sp³-hybridized carbons (Fsp3) is 0.235. The lowest BCUT2D eigenvalue weighted by Gasteiger charge is -2.08. The van der Waals surface area contributed by atoms with E-state index in [1.807, 2.05) is 18.2 Å². The number of ether oxygens (including phenoxy) is 1. The quantitative estimate of drug-likeness (QED) is 0.750. The van der Waals surface area contributed by atoms with Crippen LogP contribution in [0.3, 0.4) is 0 Å². The Kier molecular flexibility index (Phi) is 4.35. The Bertz CT molecular complexity index is 573. The van der Waals surface area contributed by atoms with Crippen molar-refractivity contribution in [1.82, 2.24) is 0 Å². The second-order valence-corrected chi connectivity index (χ2v) is 4.52. The van der Waals surface area contributed by atoms with Crippen molar-refractivity contribution in [3.8, 4) is 16.9 Å². The van der Waals surface area contributed by atoms with Gasteiger partial charge < -0.3 is 4.74 Å². The predicted molar refractivity (Wildman–Crippen MR) is 77.8 cm³/mol. The molecule has 0 N–H and O–H groups in total. The average Bonchev–Trinajstić information content (AvgIpc) is 2.47. The highest BCUT2D eigenvalue weighted by Crippen LogP contribution is 2.26. The molecule has 2 nitrogen and oxygen atoms in total. The van der Waals surface area contributed by atoms with Crippen molar-refractivity contribution >= 4 is 6.29 Å². The van der Waals surface area contributed by atoms with Gasteiger partial charge in [0.15, 0.2) is 6.29 Å². The molecule has 0 spiro atoms. The molecular formula is C17H18O2. The van der Waals surface area contributed by atoms with Gasteiger partial charge in [0.1, 0.15) is 5.75 Å². The third-order valence-electron chi connectivity index (χ3n) is 3.16. The maximum atomic E-state index is 11.1. The molecule has 2 aromatic rings. The summed E-state index contributed by atoms with van der Waals surface area (Å²) in [4.78, 5) is 11.1. The molecule has 0 unspecified atom stereocenters. The highest BCUT2D eigenvalue weighted by Gasteiger charge is 2.05. The molecule has 2 heteroatoms. The number of aldehydes is 1. The van der Waals surface area contributed by atoms with E-state index in [9.17, 15) is 4.79 Å². The second kappa shape index (κ2) is 6.19. The Balaban J connectivity index is 2.41. The Morgan fingerprint density at radius 3 is 2.58 bits per heavy atom. The zero-order chi connectivity index (χ0) is 13.7. The van der Waals surface area contributed by atoms with Gasteiger partial charge in [-0.25, -0.2) is 0 Å². The first kappa shape index (κ1) is 13.3. The van der Waals surface area contributed by atoms with Crippen LogP contribution in [0.25, 0.3) is 11.1 Å². The number of carbonyl (C=O) groups excluding carboxylic acids is 1. The van der Waals surface area contributed by atoms with Crippen LogP contribution in [0.15, 0.2) is 42.5 Å². The summed E-state index contributed by atoms with van der Waals surface area (Å²) in [5.74, 6) is 0.614. The molecule has 0 bridgehead atoms. The normalized spacial score (nSPS) is 10.2. The standard InChI is InChI=1S/C17H18O2/c1-3-5-13-6-4-7-14(10-13)15-8-9-17(19-2)16(11-15)12-18/h4,6-12H,3,5H2,1-2H3. The van der Waals surface area contributed by atoms with Gasteiger partial charge in [-0.05, 0) is 35.2 Å². The molecule has 98 valence electrons. The summed E-state index contributed by atoms with van der Waals surface area (Å²) in [7, 11) is 1.57. The van der Waals surface area contributed by atoms with E-state index in [1.165, 1.54) is 5.56 Å². The van der Waals surface area contributed by atoms with Gasteiger partial charge in [-0.3, -0.25) is 4.79 Å².